The lowest BCUT2D eigenvalue weighted by Gasteiger charge is -2.24. The van der Waals surface area contributed by atoms with Gasteiger partial charge in [0, 0.05) is 16.5 Å². The molecule has 0 saturated heterocycles. The Morgan fingerprint density at radius 2 is 1.67 bits per heavy atom. The van der Waals surface area contributed by atoms with E-state index >= 15 is 0 Å². The van der Waals surface area contributed by atoms with Crippen molar-refractivity contribution >= 4 is 22.6 Å². The van der Waals surface area contributed by atoms with Gasteiger partial charge in [-0.2, -0.15) is 0 Å². The van der Waals surface area contributed by atoms with Gasteiger partial charge in [-0.25, -0.2) is 9.78 Å². The third-order valence-electron chi connectivity index (χ3n) is 7.47. The molecule has 1 fully saturated rings. The molecule has 1 saturated carbocycles. The number of fused-ring (bicyclic) bond motifs is 1. The van der Waals surface area contributed by atoms with Crippen molar-refractivity contribution in [2.24, 2.45) is 11.3 Å². The molecule has 3 aromatic rings. The van der Waals surface area contributed by atoms with Crippen molar-refractivity contribution in [2.75, 3.05) is 0 Å². The minimum Gasteiger partial charge on any atom is -0.480 e. The van der Waals surface area contributed by atoms with E-state index in [1.54, 1.807) is 6.07 Å². The molecule has 0 radical (unpaired) electrons. The summed E-state index contributed by atoms with van der Waals surface area (Å²) in [5, 5.41) is 14.3. The van der Waals surface area contributed by atoms with E-state index < -0.39 is 17.9 Å². The summed E-state index contributed by atoms with van der Waals surface area (Å²) in [5.74, 6) is 0.357. The van der Waals surface area contributed by atoms with Gasteiger partial charge in [0.25, 0.3) is 5.91 Å². The van der Waals surface area contributed by atoms with Crippen molar-refractivity contribution in [1.82, 2.24) is 10.3 Å². The summed E-state index contributed by atoms with van der Waals surface area (Å²) < 4.78 is 6.35. The molecule has 1 aliphatic carbocycles. The highest BCUT2D eigenvalue weighted by atomic mass is 16.5. The molecule has 0 spiro atoms. The average Bonchev–Trinajstić information content (AvgIpc) is 3.36. The molecule has 39 heavy (non-hydrogen) atoms. The predicted molar refractivity (Wildman–Crippen MR) is 156 cm³/mol. The zero-order valence-electron chi connectivity index (χ0n) is 24.1. The van der Waals surface area contributed by atoms with Crippen LogP contribution >= 0.6 is 0 Å². The fraction of sp³-hybridized carbons (Fsp3) is 0.485. The van der Waals surface area contributed by atoms with Crippen LogP contribution in [0.5, 0.6) is 11.5 Å². The number of rotatable bonds is 8. The number of nitrogens with zero attached hydrogens (tertiary/aromatic N) is 1. The summed E-state index contributed by atoms with van der Waals surface area (Å²) in [5.41, 5.74) is 2.08. The zero-order valence-corrected chi connectivity index (χ0v) is 24.1. The third-order valence-corrected chi connectivity index (χ3v) is 7.47. The number of carboxylic acid groups (broad SMARTS) is 1. The molecule has 208 valence electrons. The van der Waals surface area contributed by atoms with E-state index in [0.29, 0.717) is 23.8 Å². The number of ether oxygens (including phenoxy) is 1. The summed E-state index contributed by atoms with van der Waals surface area (Å²) in [6, 6.07) is 14.7. The van der Waals surface area contributed by atoms with Crippen molar-refractivity contribution in [3.8, 4) is 11.5 Å². The van der Waals surface area contributed by atoms with Crippen LogP contribution < -0.4 is 10.1 Å². The molecule has 1 amide bonds. The Morgan fingerprint density at radius 3 is 2.26 bits per heavy atom. The van der Waals surface area contributed by atoms with Crippen LogP contribution in [0.25, 0.3) is 10.8 Å². The van der Waals surface area contributed by atoms with Gasteiger partial charge in [0.05, 0.1) is 0 Å². The summed E-state index contributed by atoms with van der Waals surface area (Å²) in [6.07, 6.45) is 5.84. The first-order valence-corrected chi connectivity index (χ1v) is 14.0. The largest absolute Gasteiger partial charge is 0.480 e. The Labute approximate surface area is 232 Å². The number of carbonyl (C=O) groups is 2. The van der Waals surface area contributed by atoms with Gasteiger partial charge in [0.15, 0.2) is 0 Å². The molecule has 4 rings (SSSR count). The van der Waals surface area contributed by atoms with E-state index in [1.807, 2.05) is 51.1 Å². The topological polar surface area (TPSA) is 88.5 Å². The van der Waals surface area contributed by atoms with E-state index in [-0.39, 0.29) is 16.5 Å². The molecular weight excluding hydrogens is 488 g/mol. The Bertz CT molecular complexity index is 1330. The van der Waals surface area contributed by atoms with Gasteiger partial charge in [-0.05, 0) is 59.4 Å². The summed E-state index contributed by atoms with van der Waals surface area (Å²) in [4.78, 5) is 30.1. The highest BCUT2D eigenvalue weighted by Crippen LogP contribution is 2.35. The number of hydrogen-bond donors (Lipinski definition) is 2. The van der Waals surface area contributed by atoms with E-state index in [9.17, 15) is 14.7 Å². The SMILES string of the molecule is CC(C)(C)C[C@H](NC(=O)c1cc2c(Oc3ccc(C(C)(C)C)cc3)cccc2c(CC2CCCC2)n1)C(=O)O. The lowest BCUT2D eigenvalue weighted by atomic mass is 9.87. The number of aliphatic carboxylic acids is 1. The molecule has 0 aliphatic heterocycles. The van der Waals surface area contributed by atoms with Crippen LogP contribution in [-0.2, 0) is 16.6 Å². The minimum atomic E-state index is -1.05. The fourth-order valence-electron chi connectivity index (χ4n) is 5.36. The van der Waals surface area contributed by atoms with Gasteiger partial charge < -0.3 is 15.2 Å². The third kappa shape index (κ3) is 7.37. The van der Waals surface area contributed by atoms with Crippen LogP contribution in [0.3, 0.4) is 0 Å². The molecule has 2 aromatic carbocycles. The minimum absolute atomic E-state index is 0.0435. The summed E-state index contributed by atoms with van der Waals surface area (Å²) >= 11 is 0. The molecule has 0 unspecified atom stereocenters. The maximum Gasteiger partial charge on any atom is 0.326 e. The maximum atomic E-state index is 13.4. The van der Waals surface area contributed by atoms with E-state index in [2.05, 4.69) is 38.2 Å². The second-order valence-corrected chi connectivity index (χ2v) is 13.2. The zero-order chi connectivity index (χ0) is 28.4. The lowest BCUT2D eigenvalue weighted by Crippen LogP contribution is -2.43. The van der Waals surface area contributed by atoms with Crippen molar-refractivity contribution in [2.45, 2.75) is 91.5 Å². The first-order valence-electron chi connectivity index (χ1n) is 14.0. The maximum absolute atomic E-state index is 13.4. The molecule has 1 heterocycles. The van der Waals surface area contributed by atoms with E-state index in [4.69, 9.17) is 9.72 Å². The van der Waals surface area contributed by atoms with Gasteiger partial charge >= 0.3 is 5.97 Å². The Morgan fingerprint density at radius 1 is 1.00 bits per heavy atom. The number of hydrogen-bond acceptors (Lipinski definition) is 4. The number of benzene rings is 2. The smallest absolute Gasteiger partial charge is 0.326 e. The molecule has 1 aromatic heterocycles. The van der Waals surface area contributed by atoms with Crippen LogP contribution in [0.15, 0.2) is 48.5 Å². The molecule has 6 heteroatoms. The predicted octanol–water partition coefficient (Wildman–Crippen LogP) is 7.68. The van der Waals surface area contributed by atoms with E-state index in [1.165, 1.54) is 18.4 Å². The highest BCUT2D eigenvalue weighted by Gasteiger charge is 2.28. The second kappa shape index (κ2) is 11.4. The number of amides is 1. The van der Waals surface area contributed by atoms with Crippen molar-refractivity contribution in [3.63, 3.8) is 0 Å². The van der Waals surface area contributed by atoms with Crippen molar-refractivity contribution in [3.05, 3.63) is 65.5 Å². The van der Waals surface area contributed by atoms with E-state index in [0.717, 1.165) is 35.7 Å². The molecule has 2 N–H and O–H groups in total. The quantitative estimate of drug-likeness (QED) is 0.312. The van der Waals surface area contributed by atoms with Gasteiger partial charge in [0.2, 0.25) is 0 Å². The molecule has 1 aliphatic rings. The fourth-order valence-corrected chi connectivity index (χ4v) is 5.36. The van der Waals surface area contributed by atoms with Gasteiger partial charge in [-0.15, -0.1) is 0 Å². The van der Waals surface area contributed by atoms with Crippen LogP contribution in [-0.4, -0.2) is 28.0 Å². The van der Waals surface area contributed by atoms with Crippen LogP contribution in [0.4, 0.5) is 0 Å². The first kappa shape index (κ1) is 28.6. The van der Waals surface area contributed by atoms with Crippen LogP contribution in [0.2, 0.25) is 0 Å². The number of pyridine rings is 1. The monoisotopic (exact) mass is 530 g/mol. The highest BCUT2D eigenvalue weighted by molar-refractivity contribution is 6.00. The Kier molecular flexibility index (Phi) is 8.34. The molecule has 6 nitrogen and oxygen atoms in total. The molecular formula is C33H42N2O4. The standard InChI is InChI=1S/C33H42N2O4/c1-32(2,3)20-28(31(37)38)35-30(36)27-19-25-24(26(34-27)18-21-10-7-8-11-21)12-9-13-29(25)39-23-16-14-22(15-17-23)33(4,5)6/h9,12-17,19,21,28H,7-8,10-11,18,20H2,1-6H3,(H,35,36)(H,37,38)/t28-/m0/s1. The lowest BCUT2D eigenvalue weighted by molar-refractivity contribution is -0.140. The van der Waals surface area contributed by atoms with Gasteiger partial charge in [-0.3, -0.25) is 4.79 Å². The summed E-state index contributed by atoms with van der Waals surface area (Å²) in [6.45, 7) is 12.4. The van der Waals surface area contributed by atoms with Gasteiger partial charge in [0.1, 0.15) is 23.2 Å². The van der Waals surface area contributed by atoms with Crippen molar-refractivity contribution < 1.29 is 19.4 Å². The normalized spacial score (nSPS) is 15.3. The Hall–Kier alpha value is -3.41. The number of carbonyl (C=O) groups excluding carboxylic acids is 1. The molecule has 1 atom stereocenters. The van der Waals surface area contributed by atoms with Crippen LogP contribution in [0.1, 0.15) is 95.4 Å². The molecule has 0 bridgehead atoms. The van der Waals surface area contributed by atoms with Crippen LogP contribution in [0, 0.1) is 11.3 Å². The van der Waals surface area contributed by atoms with Crippen molar-refractivity contribution in [1.29, 1.82) is 0 Å². The summed E-state index contributed by atoms with van der Waals surface area (Å²) in [7, 11) is 0. The van der Waals surface area contributed by atoms with Gasteiger partial charge in [-0.1, -0.05) is 91.5 Å². The number of carboxylic acids is 1. The number of nitrogens with one attached hydrogen (secondary N) is 1. The second-order valence-electron chi connectivity index (χ2n) is 13.2. The first-order chi connectivity index (χ1) is 18.3. The average molecular weight is 531 g/mol. The Balaban J connectivity index is 1.72. The number of aromatic nitrogens is 1.